The average molecular weight is 461 g/mol. The largest absolute Gasteiger partial charge is 0.503 e. The van der Waals surface area contributed by atoms with Crippen LogP contribution in [0, 0.1) is 13.8 Å². The number of benzene rings is 2. The van der Waals surface area contributed by atoms with Crippen molar-refractivity contribution in [3.05, 3.63) is 92.9 Å². The van der Waals surface area contributed by atoms with E-state index in [0.717, 1.165) is 35.5 Å². The molecule has 1 aliphatic heterocycles. The standard InChI is InChI=1S/C27H28N2O3S/c1-5-28(6-2)20-11-9-19(10-12-20)24-23(25(30)22-8-7-13-33-22)26(31)27(32)29(24)21-15-17(3)14-18(4)16-21/h7-16,24,31H,5-6H2,1-4H3. The van der Waals surface area contributed by atoms with Crippen molar-refractivity contribution in [1.29, 1.82) is 0 Å². The molecule has 5 nitrogen and oxygen atoms in total. The molecule has 0 saturated carbocycles. The number of ketones is 1. The zero-order chi connectivity index (χ0) is 23.7. The first-order valence-corrected chi connectivity index (χ1v) is 12.0. The van der Waals surface area contributed by atoms with E-state index in [1.54, 1.807) is 17.0 Å². The lowest BCUT2D eigenvalue weighted by Crippen LogP contribution is -2.31. The van der Waals surface area contributed by atoms with Crippen molar-refractivity contribution in [1.82, 2.24) is 0 Å². The Kier molecular flexibility index (Phi) is 6.38. The van der Waals surface area contributed by atoms with Gasteiger partial charge < -0.3 is 10.0 Å². The Morgan fingerprint density at radius 3 is 2.21 bits per heavy atom. The first-order chi connectivity index (χ1) is 15.8. The summed E-state index contributed by atoms with van der Waals surface area (Å²) in [7, 11) is 0. The van der Waals surface area contributed by atoms with Crippen LogP contribution in [-0.2, 0) is 4.79 Å². The number of amides is 1. The molecular weight excluding hydrogens is 432 g/mol. The van der Waals surface area contributed by atoms with Gasteiger partial charge in [-0.3, -0.25) is 14.5 Å². The van der Waals surface area contributed by atoms with Crippen molar-refractivity contribution in [3.63, 3.8) is 0 Å². The summed E-state index contributed by atoms with van der Waals surface area (Å²) >= 11 is 1.30. The second-order valence-electron chi connectivity index (χ2n) is 8.26. The van der Waals surface area contributed by atoms with Crippen molar-refractivity contribution in [2.45, 2.75) is 33.7 Å². The number of Topliss-reactive ketones (excluding diaryl/α,β-unsaturated/α-hetero) is 1. The van der Waals surface area contributed by atoms with Crippen LogP contribution in [-0.4, -0.2) is 29.9 Å². The number of aliphatic hydroxyl groups excluding tert-OH is 1. The second kappa shape index (κ2) is 9.24. The topological polar surface area (TPSA) is 60.9 Å². The van der Waals surface area contributed by atoms with E-state index >= 15 is 0 Å². The van der Waals surface area contributed by atoms with Gasteiger partial charge in [0, 0.05) is 24.5 Å². The molecule has 33 heavy (non-hydrogen) atoms. The number of carbonyl (C=O) groups is 2. The molecule has 1 N–H and O–H groups in total. The summed E-state index contributed by atoms with van der Waals surface area (Å²) in [5, 5.41) is 12.7. The van der Waals surface area contributed by atoms with Crippen LogP contribution < -0.4 is 9.80 Å². The van der Waals surface area contributed by atoms with Gasteiger partial charge in [-0.25, -0.2) is 0 Å². The van der Waals surface area contributed by atoms with Crippen LogP contribution in [0.4, 0.5) is 11.4 Å². The van der Waals surface area contributed by atoms with E-state index in [1.165, 1.54) is 11.3 Å². The summed E-state index contributed by atoms with van der Waals surface area (Å²) in [4.78, 5) is 31.0. The van der Waals surface area contributed by atoms with Crippen molar-refractivity contribution < 1.29 is 14.7 Å². The molecule has 2 aromatic carbocycles. The van der Waals surface area contributed by atoms with E-state index in [0.29, 0.717) is 10.6 Å². The molecular formula is C27H28N2O3S. The Labute approximate surface area is 198 Å². The van der Waals surface area contributed by atoms with Gasteiger partial charge in [-0.1, -0.05) is 24.3 Å². The van der Waals surface area contributed by atoms with Crippen molar-refractivity contribution in [3.8, 4) is 0 Å². The lowest BCUT2D eigenvalue weighted by molar-refractivity contribution is -0.117. The molecule has 1 amide bonds. The van der Waals surface area contributed by atoms with Gasteiger partial charge in [0.25, 0.3) is 5.91 Å². The fourth-order valence-electron chi connectivity index (χ4n) is 4.51. The minimum atomic E-state index is -0.709. The minimum absolute atomic E-state index is 0.122. The number of anilines is 2. The van der Waals surface area contributed by atoms with E-state index < -0.39 is 17.7 Å². The summed E-state index contributed by atoms with van der Waals surface area (Å²) in [6.07, 6.45) is 0. The monoisotopic (exact) mass is 460 g/mol. The highest BCUT2D eigenvalue weighted by molar-refractivity contribution is 7.12. The summed E-state index contributed by atoms with van der Waals surface area (Å²) < 4.78 is 0. The number of hydrogen-bond donors (Lipinski definition) is 1. The molecule has 1 unspecified atom stereocenters. The Morgan fingerprint density at radius 1 is 1.03 bits per heavy atom. The predicted octanol–water partition coefficient (Wildman–Crippen LogP) is 5.99. The summed E-state index contributed by atoms with van der Waals surface area (Å²) in [6, 6.07) is 16.6. The van der Waals surface area contributed by atoms with Crippen molar-refractivity contribution >= 4 is 34.4 Å². The van der Waals surface area contributed by atoms with Crippen LogP contribution in [0.3, 0.4) is 0 Å². The molecule has 1 aromatic heterocycles. The van der Waals surface area contributed by atoms with E-state index in [9.17, 15) is 14.7 Å². The third-order valence-corrected chi connectivity index (χ3v) is 6.89. The zero-order valence-electron chi connectivity index (χ0n) is 19.3. The number of carbonyl (C=O) groups excluding carboxylic acids is 2. The predicted molar refractivity (Wildman–Crippen MR) is 134 cm³/mol. The van der Waals surface area contributed by atoms with E-state index in [4.69, 9.17) is 0 Å². The molecule has 0 bridgehead atoms. The molecule has 6 heteroatoms. The highest BCUT2D eigenvalue weighted by Gasteiger charge is 2.45. The van der Waals surface area contributed by atoms with Gasteiger partial charge in [-0.15, -0.1) is 11.3 Å². The molecule has 3 aromatic rings. The highest BCUT2D eigenvalue weighted by atomic mass is 32.1. The van der Waals surface area contributed by atoms with Gasteiger partial charge in [-0.2, -0.15) is 0 Å². The quantitative estimate of drug-likeness (QED) is 0.440. The van der Waals surface area contributed by atoms with Crippen LogP contribution in [0.5, 0.6) is 0 Å². The number of aliphatic hydroxyl groups is 1. The normalized spacial score (nSPS) is 15.9. The third kappa shape index (κ3) is 4.18. The number of thiophene rings is 1. The van der Waals surface area contributed by atoms with Gasteiger partial charge >= 0.3 is 0 Å². The van der Waals surface area contributed by atoms with Crippen LogP contribution in [0.25, 0.3) is 0 Å². The number of nitrogens with zero attached hydrogens (tertiary/aromatic N) is 2. The van der Waals surface area contributed by atoms with E-state index in [2.05, 4.69) is 18.7 Å². The van der Waals surface area contributed by atoms with Crippen molar-refractivity contribution in [2.75, 3.05) is 22.9 Å². The fraction of sp³-hybridized carbons (Fsp3) is 0.259. The molecule has 0 spiro atoms. The van der Waals surface area contributed by atoms with E-state index in [-0.39, 0.29) is 11.4 Å². The maximum atomic E-state index is 13.4. The van der Waals surface area contributed by atoms with Gasteiger partial charge in [0.1, 0.15) is 0 Å². The first kappa shape index (κ1) is 22.8. The summed E-state index contributed by atoms with van der Waals surface area (Å²) in [6.45, 7) is 9.91. The third-order valence-electron chi connectivity index (χ3n) is 6.02. The number of hydrogen-bond acceptors (Lipinski definition) is 5. The Balaban J connectivity index is 1.85. The lowest BCUT2D eigenvalue weighted by Gasteiger charge is -2.28. The van der Waals surface area contributed by atoms with Crippen LogP contribution in [0.2, 0.25) is 0 Å². The lowest BCUT2D eigenvalue weighted by atomic mass is 9.94. The molecule has 0 saturated heterocycles. The Bertz CT molecular complexity index is 1190. The molecule has 170 valence electrons. The average Bonchev–Trinajstić information content (AvgIpc) is 3.42. The Hall–Kier alpha value is -3.38. The van der Waals surface area contributed by atoms with Gasteiger partial charge in [0.2, 0.25) is 5.78 Å². The molecule has 2 heterocycles. The Morgan fingerprint density at radius 2 is 1.67 bits per heavy atom. The molecule has 1 aliphatic rings. The van der Waals surface area contributed by atoms with Gasteiger partial charge in [-0.05, 0) is 80.1 Å². The van der Waals surface area contributed by atoms with E-state index in [1.807, 2.05) is 61.7 Å². The van der Waals surface area contributed by atoms with Gasteiger partial charge in [0.15, 0.2) is 5.76 Å². The minimum Gasteiger partial charge on any atom is -0.503 e. The molecule has 4 rings (SSSR count). The first-order valence-electron chi connectivity index (χ1n) is 11.1. The van der Waals surface area contributed by atoms with Crippen LogP contribution in [0.1, 0.15) is 46.3 Å². The van der Waals surface area contributed by atoms with Crippen LogP contribution in [0.15, 0.2) is 71.3 Å². The maximum absolute atomic E-state index is 13.4. The van der Waals surface area contributed by atoms with Crippen molar-refractivity contribution in [2.24, 2.45) is 0 Å². The zero-order valence-corrected chi connectivity index (χ0v) is 20.1. The second-order valence-corrected chi connectivity index (χ2v) is 9.20. The highest BCUT2D eigenvalue weighted by Crippen LogP contribution is 2.43. The molecule has 0 fully saturated rings. The molecule has 0 radical (unpaired) electrons. The fourth-order valence-corrected chi connectivity index (χ4v) is 5.18. The maximum Gasteiger partial charge on any atom is 0.294 e. The summed E-state index contributed by atoms with van der Waals surface area (Å²) in [5.41, 5.74) is 4.65. The SMILES string of the molecule is CCN(CC)c1ccc(C2C(C(=O)c3cccs3)=C(O)C(=O)N2c2cc(C)cc(C)c2)cc1. The molecule has 1 atom stereocenters. The summed E-state index contributed by atoms with van der Waals surface area (Å²) in [5.74, 6) is -1.36. The molecule has 0 aliphatic carbocycles. The number of rotatable bonds is 7. The number of aryl methyl sites for hydroxylation is 2. The smallest absolute Gasteiger partial charge is 0.294 e. The van der Waals surface area contributed by atoms with Gasteiger partial charge in [0.05, 0.1) is 16.5 Å². The van der Waals surface area contributed by atoms with Crippen LogP contribution >= 0.6 is 11.3 Å².